The first-order valence-corrected chi connectivity index (χ1v) is 6.76. The van der Waals surface area contributed by atoms with Gasteiger partial charge >= 0.3 is 0 Å². The first kappa shape index (κ1) is 13.9. The van der Waals surface area contributed by atoms with Crippen molar-refractivity contribution < 1.29 is 9.53 Å². The number of carbonyl (C=O) groups is 1. The fourth-order valence-corrected chi connectivity index (χ4v) is 2.93. The molecule has 0 spiro atoms. The number of ether oxygens (including phenoxy) is 1. The zero-order chi connectivity index (χ0) is 13.9. The molecule has 1 amide bonds. The van der Waals surface area contributed by atoms with Crippen molar-refractivity contribution in [3.8, 4) is 5.75 Å². The molecule has 19 heavy (non-hydrogen) atoms. The highest BCUT2D eigenvalue weighted by atomic mass is 16.5. The van der Waals surface area contributed by atoms with Crippen LogP contribution in [0.5, 0.6) is 5.75 Å². The van der Waals surface area contributed by atoms with Gasteiger partial charge in [-0.1, -0.05) is 25.0 Å². The van der Waals surface area contributed by atoms with Gasteiger partial charge in [-0.15, -0.1) is 0 Å². The number of methoxy groups -OCH3 is 1. The first-order valence-electron chi connectivity index (χ1n) is 6.76. The van der Waals surface area contributed by atoms with Crippen LogP contribution < -0.4 is 15.4 Å². The van der Waals surface area contributed by atoms with Crippen molar-refractivity contribution in [2.45, 2.75) is 25.7 Å². The maximum Gasteiger partial charge on any atom is 0.234 e. The van der Waals surface area contributed by atoms with E-state index in [1.54, 1.807) is 19.1 Å². The summed E-state index contributed by atoms with van der Waals surface area (Å²) in [5, 5.41) is 0. The van der Waals surface area contributed by atoms with Crippen molar-refractivity contribution in [2.75, 3.05) is 25.6 Å². The van der Waals surface area contributed by atoms with Crippen molar-refractivity contribution in [1.29, 1.82) is 0 Å². The molecule has 0 aliphatic heterocycles. The van der Waals surface area contributed by atoms with Crippen LogP contribution in [0.3, 0.4) is 0 Å². The van der Waals surface area contributed by atoms with Crippen molar-refractivity contribution in [3.63, 3.8) is 0 Å². The Bertz CT molecular complexity index is 453. The van der Waals surface area contributed by atoms with Gasteiger partial charge in [-0.2, -0.15) is 0 Å². The van der Waals surface area contributed by atoms with E-state index in [1.165, 1.54) is 0 Å². The third-order valence-electron chi connectivity index (χ3n) is 4.16. The molecule has 2 rings (SSSR count). The quantitative estimate of drug-likeness (QED) is 0.904. The Hall–Kier alpha value is -1.55. The third kappa shape index (κ3) is 2.45. The molecule has 1 aromatic rings. The number of nitrogens with zero attached hydrogens (tertiary/aromatic N) is 1. The first-order chi connectivity index (χ1) is 9.14. The Labute approximate surface area is 114 Å². The Morgan fingerprint density at radius 1 is 1.37 bits per heavy atom. The maximum absolute atomic E-state index is 12.8. The summed E-state index contributed by atoms with van der Waals surface area (Å²) in [5.74, 6) is 0.820. The summed E-state index contributed by atoms with van der Waals surface area (Å²) in [6.45, 7) is 0.422. The summed E-state index contributed by atoms with van der Waals surface area (Å²) in [6, 6.07) is 7.57. The third-order valence-corrected chi connectivity index (χ3v) is 4.16. The summed E-state index contributed by atoms with van der Waals surface area (Å²) in [4.78, 5) is 14.4. The number of rotatable bonds is 4. The normalized spacial score (nSPS) is 17.2. The molecule has 1 aromatic carbocycles. The van der Waals surface area contributed by atoms with E-state index < -0.39 is 0 Å². The van der Waals surface area contributed by atoms with Crippen LogP contribution in [-0.4, -0.2) is 26.6 Å². The van der Waals surface area contributed by atoms with Gasteiger partial charge in [-0.05, 0) is 25.0 Å². The average molecular weight is 262 g/mol. The number of benzene rings is 1. The standard InChI is InChI=1S/C15H22N2O2/c1-17(12-7-3-4-8-13(12)19-2)14(18)15(11-16)9-5-6-10-15/h3-4,7-8H,5-6,9-11,16H2,1-2H3. The van der Waals surface area contributed by atoms with Crippen LogP contribution in [0.2, 0.25) is 0 Å². The molecule has 4 nitrogen and oxygen atoms in total. The van der Waals surface area contributed by atoms with Crippen LogP contribution in [0, 0.1) is 5.41 Å². The molecule has 104 valence electrons. The number of amides is 1. The van der Waals surface area contributed by atoms with Gasteiger partial charge < -0.3 is 15.4 Å². The van der Waals surface area contributed by atoms with E-state index in [9.17, 15) is 4.79 Å². The van der Waals surface area contributed by atoms with Gasteiger partial charge in [-0.3, -0.25) is 4.79 Å². The molecule has 1 saturated carbocycles. The molecule has 2 N–H and O–H groups in total. The Morgan fingerprint density at radius 3 is 2.58 bits per heavy atom. The molecule has 0 heterocycles. The van der Waals surface area contributed by atoms with E-state index in [1.807, 2.05) is 24.3 Å². The SMILES string of the molecule is COc1ccccc1N(C)C(=O)C1(CN)CCCC1. The monoisotopic (exact) mass is 262 g/mol. The lowest BCUT2D eigenvalue weighted by molar-refractivity contribution is -0.127. The van der Waals surface area contributed by atoms with E-state index in [4.69, 9.17) is 10.5 Å². The zero-order valence-electron chi connectivity index (χ0n) is 11.7. The van der Waals surface area contributed by atoms with Crippen molar-refractivity contribution in [3.05, 3.63) is 24.3 Å². The van der Waals surface area contributed by atoms with Crippen LogP contribution in [0.4, 0.5) is 5.69 Å². The number of para-hydroxylation sites is 2. The topological polar surface area (TPSA) is 55.6 Å². The molecule has 0 aromatic heterocycles. The van der Waals surface area contributed by atoms with Crippen LogP contribution in [0.25, 0.3) is 0 Å². The van der Waals surface area contributed by atoms with Gasteiger partial charge in [0.1, 0.15) is 5.75 Å². The van der Waals surface area contributed by atoms with E-state index >= 15 is 0 Å². The molecular weight excluding hydrogens is 240 g/mol. The summed E-state index contributed by atoms with van der Waals surface area (Å²) in [6.07, 6.45) is 3.95. The number of hydrogen-bond donors (Lipinski definition) is 1. The molecule has 0 radical (unpaired) electrons. The molecular formula is C15H22N2O2. The molecule has 0 atom stereocenters. The van der Waals surface area contributed by atoms with Gasteiger partial charge in [0.05, 0.1) is 18.2 Å². The zero-order valence-corrected chi connectivity index (χ0v) is 11.7. The lowest BCUT2D eigenvalue weighted by Crippen LogP contribution is -2.45. The number of nitrogens with two attached hydrogens (primary N) is 1. The molecule has 0 bridgehead atoms. The smallest absolute Gasteiger partial charge is 0.234 e. The minimum atomic E-state index is -0.379. The summed E-state index contributed by atoms with van der Waals surface area (Å²) in [5.41, 5.74) is 6.30. The molecule has 0 saturated heterocycles. The van der Waals surface area contributed by atoms with Gasteiger partial charge in [-0.25, -0.2) is 0 Å². The highest BCUT2D eigenvalue weighted by Crippen LogP contribution is 2.40. The summed E-state index contributed by atoms with van der Waals surface area (Å²) < 4.78 is 5.32. The molecule has 1 aliphatic carbocycles. The Morgan fingerprint density at radius 2 is 2.00 bits per heavy atom. The molecule has 0 unspecified atom stereocenters. The van der Waals surface area contributed by atoms with Gasteiger partial charge in [0.2, 0.25) is 5.91 Å². The van der Waals surface area contributed by atoms with Gasteiger partial charge in [0.25, 0.3) is 0 Å². The number of anilines is 1. The fourth-order valence-electron chi connectivity index (χ4n) is 2.93. The van der Waals surface area contributed by atoms with Crippen molar-refractivity contribution in [2.24, 2.45) is 11.1 Å². The minimum Gasteiger partial charge on any atom is -0.495 e. The summed E-state index contributed by atoms with van der Waals surface area (Å²) >= 11 is 0. The average Bonchev–Trinajstić information content (AvgIpc) is 2.95. The van der Waals surface area contributed by atoms with Crippen LogP contribution in [0.1, 0.15) is 25.7 Å². The number of hydrogen-bond acceptors (Lipinski definition) is 3. The molecule has 4 heteroatoms. The maximum atomic E-state index is 12.8. The van der Waals surface area contributed by atoms with Gasteiger partial charge in [0, 0.05) is 13.6 Å². The Balaban J connectivity index is 2.28. The second-order valence-electron chi connectivity index (χ2n) is 5.23. The second kappa shape index (κ2) is 5.61. The van der Waals surface area contributed by atoms with Crippen LogP contribution in [-0.2, 0) is 4.79 Å². The second-order valence-corrected chi connectivity index (χ2v) is 5.23. The predicted molar refractivity (Wildman–Crippen MR) is 76.4 cm³/mol. The molecule has 1 aliphatic rings. The highest BCUT2D eigenvalue weighted by molar-refractivity contribution is 5.98. The largest absolute Gasteiger partial charge is 0.495 e. The van der Waals surface area contributed by atoms with Crippen LogP contribution in [0.15, 0.2) is 24.3 Å². The number of carbonyl (C=O) groups excluding carboxylic acids is 1. The van der Waals surface area contributed by atoms with E-state index in [0.717, 1.165) is 31.4 Å². The lowest BCUT2D eigenvalue weighted by Gasteiger charge is -2.31. The van der Waals surface area contributed by atoms with Gasteiger partial charge in [0.15, 0.2) is 0 Å². The van der Waals surface area contributed by atoms with Crippen molar-refractivity contribution >= 4 is 11.6 Å². The van der Waals surface area contributed by atoms with Crippen molar-refractivity contribution in [1.82, 2.24) is 0 Å². The minimum absolute atomic E-state index is 0.108. The van der Waals surface area contributed by atoms with E-state index in [-0.39, 0.29) is 11.3 Å². The van der Waals surface area contributed by atoms with Crippen LogP contribution >= 0.6 is 0 Å². The van der Waals surface area contributed by atoms with E-state index in [2.05, 4.69) is 0 Å². The fraction of sp³-hybridized carbons (Fsp3) is 0.533. The summed E-state index contributed by atoms with van der Waals surface area (Å²) in [7, 11) is 3.42. The van der Waals surface area contributed by atoms with E-state index in [0.29, 0.717) is 12.3 Å². The predicted octanol–water partition coefficient (Wildman–Crippen LogP) is 2.18. The highest BCUT2D eigenvalue weighted by Gasteiger charge is 2.42. The Kier molecular flexibility index (Phi) is 4.10. The molecule has 1 fully saturated rings. The lowest BCUT2D eigenvalue weighted by atomic mass is 9.84.